The molecule has 82 valence electrons. The first-order valence-electron chi connectivity index (χ1n) is 4.51. The van der Waals surface area contributed by atoms with Gasteiger partial charge in [-0.05, 0) is 25.1 Å². The van der Waals surface area contributed by atoms with Gasteiger partial charge in [-0.3, -0.25) is 4.79 Å². The lowest BCUT2D eigenvalue weighted by molar-refractivity contribution is 0.0922. The van der Waals surface area contributed by atoms with Gasteiger partial charge in [-0.15, -0.1) is 0 Å². The summed E-state index contributed by atoms with van der Waals surface area (Å²) in [6.07, 6.45) is 0. The molecule has 1 amide bonds. The molecule has 1 rings (SSSR count). The minimum Gasteiger partial charge on any atom is -0.399 e. The van der Waals surface area contributed by atoms with Gasteiger partial charge < -0.3 is 16.2 Å². The maximum Gasteiger partial charge on any atom is 0.253 e. The van der Waals surface area contributed by atoms with Crippen LogP contribution < -0.4 is 11.1 Å². The molecule has 0 heterocycles. The first-order valence-corrected chi connectivity index (χ1v) is 4.89. The Hall–Kier alpha value is -1.26. The summed E-state index contributed by atoms with van der Waals surface area (Å²) < 4.78 is 0. The first-order chi connectivity index (χ1) is 7.04. The highest BCUT2D eigenvalue weighted by atomic mass is 35.5. The van der Waals surface area contributed by atoms with Gasteiger partial charge in [-0.25, -0.2) is 0 Å². The van der Waals surface area contributed by atoms with Gasteiger partial charge in [0.25, 0.3) is 5.91 Å². The Kier molecular flexibility index (Phi) is 3.94. The summed E-state index contributed by atoms with van der Waals surface area (Å²) in [7, 11) is 0. The summed E-state index contributed by atoms with van der Waals surface area (Å²) in [5.41, 5.74) is 6.36. The summed E-state index contributed by atoms with van der Waals surface area (Å²) >= 11 is 5.85. The van der Waals surface area contributed by atoms with Crippen LogP contribution >= 0.6 is 11.6 Å². The lowest BCUT2D eigenvalue weighted by Gasteiger charge is -2.11. The molecule has 4 N–H and O–H groups in total. The quantitative estimate of drug-likeness (QED) is 0.677. The third-order valence-corrected chi connectivity index (χ3v) is 2.20. The van der Waals surface area contributed by atoms with Crippen LogP contribution in [0.1, 0.15) is 17.3 Å². The first kappa shape index (κ1) is 11.8. The Bertz CT molecular complexity index is 368. The van der Waals surface area contributed by atoms with Crippen molar-refractivity contribution in [1.29, 1.82) is 0 Å². The van der Waals surface area contributed by atoms with E-state index in [1.807, 2.05) is 0 Å². The molecule has 0 unspecified atom stereocenters. The number of amides is 1. The fourth-order valence-electron chi connectivity index (χ4n) is 1.06. The van der Waals surface area contributed by atoms with Crippen LogP contribution in [0, 0.1) is 0 Å². The van der Waals surface area contributed by atoms with Crippen LogP contribution in [-0.4, -0.2) is 23.7 Å². The van der Waals surface area contributed by atoms with Crippen LogP contribution in [0.15, 0.2) is 18.2 Å². The summed E-state index contributed by atoms with van der Waals surface area (Å²) in [6.45, 7) is 1.58. The summed E-state index contributed by atoms with van der Waals surface area (Å²) in [5.74, 6) is -0.318. The Morgan fingerprint density at radius 3 is 2.87 bits per heavy atom. The van der Waals surface area contributed by atoms with Gasteiger partial charge in [0, 0.05) is 11.7 Å². The zero-order valence-electron chi connectivity index (χ0n) is 8.33. The average Bonchev–Trinajstić information content (AvgIpc) is 2.17. The van der Waals surface area contributed by atoms with E-state index >= 15 is 0 Å². The SMILES string of the molecule is C[C@@H](CO)NC(=O)c1ccc(N)cc1Cl. The predicted octanol–water partition coefficient (Wildman–Crippen LogP) is 1.03. The topological polar surface area (TPSA) is 75.3 Å². The maximum atomic E-state index is 11.6. The normalized spacial score (nSPS) is 12.2. The molecule has 1 aromatic rings. The smallest absolute Gasteiger partial charge is 0.253 e. The molecular weight excluding hydrogens is 216 g/mol. The second-order valence-electron chi connectivity index (χ2n) is 3.30. The minimum atomic E-state index is -0.318. The van der Waals surface area contributed by atoms with Crippen LogP contribution in [0.25, 0.3) is 0 Å². The molecule has 1 aromatic carbocycles. The number of benzene rings is 1. The molecule has 0 saturated carbocycles. The molecule has 0 aliphatic heterocycles. The molecule has 4 nitrogen and oxygen atoms in total. The Morgan fingerprint density at radius 1 is 1.67 bits per heavy atom. The van der Waals surface area contributed by atoms with Crippen LogP contribution in [0.5, 0.6) is 0 Å². The largest absolute Gasteiger partial charge is 0.399 e. The standard InChI is InChI=1S/C10H13ClN2O2/c1-6(5-14)13-10(15)8-3-2-7(12)4-9(8)11/h2-4,6,14H,5,12H2,1H3,(H,13,15)/t6-/m0/s1. The van der Waals surface area contributed by atoms with Crippen LogP contribution in [0.3, 0.4) is 0 Å². The van der Waals surface area contributed by atoms with Crippen LogP contribution in [-0.2, 0) is 0 Å². The number of anilines is 1. The van der Waals surface area contributed by atoms with Gasteiger partial charge >= 0.3 is 0 Å². The summed E-state index contributed by atoms with van der Waals surface area (Å²) in [6, 6.07) is 4.37. The summed E-state index contributed by atoms with van der Waals surface area (Å²) in [4.78, 5) is 11.6. The van der Waals surface area contributed by atoms with E-state index in [0.29, 0.717) is 16.3 Å². The molecule has 0 bridgehead atoms. The Balaban J connectivity index is 2.82. The van der Waals surface area contributed by atoms with Gasteiger partial charge in [0.15, 0.2) is 0 Å². The molecule has 1 atom stereocenters. The number of halogens is 1. The van der Waals surface area contributed by atoms with E-state index in [1.54, 1.807) is 19.1 Å². The van der Waals surface area contributed by atoms with Crippen LogP contribution in [0.4, 0.5) is 5.69 Å². The van der Waals surface area contributed by atoms with Gasteiger partial charge in [0.05, 0.1) is 17.2 Å². The molecule has 0 saturated heterocycles. The van der Waals surface area contributed by atoms with E-state index in [2.05, 4.69) is 5.32 Å². The number of rotatable bonds is 3. The minimum absolute atomic E-state index is 0.113. The zero-order valence-corrected chi connectivity index (χ0v) is 9.08. The monoisotopic (exact) mass is 228 g/mol. The molecular formula is C10H13ClN2O2. The van der Waals surface area contributed by atoms with E-state index in [-0.39, 0.29) is 18.6 Å². The van der Waals surface area contributed by atoms with E-state index in [4.69, 9.17) is 22.4 Å². The van der Waals surface area contributed by atoms with Crippen molar-refractivity contribution < 1.29 is 9.90 Å². The lowest BCUT2D eigenvalue weighted by atomic mass is 10.2. The van der Waals surface area contributed by atoms with E-state index in [9.17, 15) is 4.79 Å². The molecule has 5 heteroatoms. The Morgan fingerprint density at radius 2 is 2.33 bits per heavy atom. The molecule has 0 aliphatic rings. The van der Waals surface area contributed by atoms with Gasteiger partial charge in [0.1, 0.15) is 0 Å². The van der Waals surface area contributed by atoms with Crippen molar-refractivity contribution in [3.05, 3.63) is 28.8 Å². The molecule has 0 aliphatic carbocycles. The number of nitrogens with two attached hydrogens (primary N) is 1. The molecule has 0 fully saturated rings. The average molecular weight is 229 g/mol. The third-order valence-electron chi connectivity index (χ3n) is 1.89. The van der Waals surface area contributed by atoms with Crippen molar-refractivity contribution in [2.75, 3.05) is 12.3 Å². The molecule has 0 spiro atoms. The number of aliphatic hydroxyl groups excluding tert-OH is 1. The molecule has 0 radical (unpaired) electrons. The Labute approximate surface area is 93.0 Å². The van der Waals surface area contributed by atoms with Crippen molar-refractivity contribution >= 4 is 23.2 Å². The second kappa shape index (κ2) is 5.00. The van der Waals surface area contributed by atoms with Crippen molar-refractivity contribution in [3.63, 3.8) is 0 Å². The van der Waals surface area contributed by atoms with Crippen LogP contribution in [0.2, 0.25) is 5.02 Å². The summed E-state index contributed by atoms with van der Waals surface area (Å²) in [5, 5.41) is 11.7. The second-order valence-corrected chi connectivity index (χ2v) is 3.70. The number of nitrogens with one attached hydrogen (secondary N) is 1. The molecule has 0 aromatic heterocycles. The van der Waals surface area contributed by atoms with E-state index in [0.717, 1.165) is 0 Å². The number of carbonyl (C=O) groups is 1. The van der Waals surface area contributed by atoms with E-state index in [1.165, 1.54) is 6.07 Å². The number of carbonyl (C=O) groups excluding carboxylic acids is 1. The maximum absolute atomic E-state index is 11.6. The fraction of sp³-hybridized carbons (Fsp3) is 0.300. The van der Waals surface area contributed by atoms with Crippen molar-refractivity contribution in [3.8, 4) is 0 Å². The van der Waals surface area contributed by atoms with Crippen molar-refractivity contribution in [1.82, 2.24) is 5.32 Å². The van der Waals surface area contributed by atoms with E-state index < -0.39 is 0 Å². The number of aliphatic hydroxyl groups is 1. The highest BCUT2D eigenvalue weighted by Crippen LogP contribution is 2.18. The van der Waals surface area contributed by atoms with Gasteiger partial charge in [-0.1, -0.05) is 11.6 Å². The third kappa shape index (κ3) is 3.11. The molecule has 15 heavy (non-hydrogen) atoms. The fourth-order valence-corrected chi connectivity index (χ4v) is 1.34. The van der Waals surface area contributed by atoms with Gasteiger partial charge in [-0.2, -0.15) is 0 Å². The number of hydrogen-bond acceptors (Lipinski definition) is 3. The zero-order chi connectivity index (χ0) is 11.4. The number of nitrogen functional groups attached to an aromatic ring is 1. The number of hydrogen-bond donors (Lipinski definition) is 3. The predicted molar refractivity (Wildman–Crippen MR) is 59.9 cm³/mol. The highest BCUT2D eigenvalue weighted by Gasteiger charge is 2.12. The van der Waals surface area contributed by atoms with Crippen molar-refractivity contribution in [2.45, 2.75) is 13.0 Å². The highest BCUT2D eigenvalue weighted by molar-refractivity contribution is 6.34. The lowest BCUT2D eigenvalue weighted by Crippen LogP contribution is -2.35. The van der Waals surface area contributed by atoms with Crippen molar-refractivity contribution in [2.24, 2.45) is 0 Å². The van der Waals surface area contributed by atoms with Gasteiger partial charge in [0.2, 0.25) is 0 Å².